The maximum Gasteiger partial charge on any atom is 0.337 e. The minimum absolute atomic E-state index is 0.0533. The number of fused-ring (bicyclic) bond motifs is 1. The molecule has 15 heavy (non-hydrogen) atoms. The molecule has 0 saturated heterocycles. The van der Waals surface area contributed by atoms with E-state index >= 15 is 0 Å². The molecule has 78 valence electrons. The highest BCUT2D eigenvalue weighted by Gasteiger charge is 2.15. The lowest BCUT2D eigenvalue weighted by atomic mass is 10.3. The molecule has 0 radical (unpaired) electrons. The summed E-state index contributed by atoms with van der Waals surface area (Å²) in [5.74, 6) is 0.0533. The van der Waals surface area contributed by atoms with E-state index in [0.29, 0.717) is 11.4 Å². The molecule has 0 aromatic carbocycles. The topological polar surface area (TPSA) is 88.0 Å². The van der Waals surface area contributed by atoms with E-state index in [0.717, 1.165) is 8.30 Å². The van der Waals surface area contributed by atoms with Crippen molar-refractivity contribution in [1.82, 2.24) is 14.7 Å². The monoisotopic (exact) mass is 319 g/mol. The molecule has 2 heterocycles. The van der Waals surface area contributed by atoms with Crippen molar-refractivity contribution in [2.45, 2.75) is 6.92 Å². The first-order valence-electron chi connectivity index (χ1n) is 4.02. The van der Waals surface area contributed by atoms with Crippen molar-refractivity contribution in [2.75, 3.05) is 0 Å². The Kier molecular flexibility index (Phi) is 2.25. The molecule has 0 atom stereocenters. The van der Waals surface area contributed by atoms with Crippen molar-refractivity contribution in [3.63, 3.8) is 0 Å². The smallest absolute Gasteiger partial charge is 0.337 e. The number of nitrogens with zero attached hydrogens (tertiary/aromatic N) is 2. The van der Waals surface area contributed by atoms with Crippen molar-refractivity contribution in [1.29, 1.82) is 0 Å². The molecular formula is C8H6IN3O3. The van der Waals surface area contributed by atoms with Crippen LogP contribution in [0.3, 0.4) is 0 Å². The maximum absolute atomic E-state index is 11.0. The number of halogens is 1. The Bertz CT molecular complexity index is 616. The summed E-state index contributed by atoms with van der Waals surface area (Å²) in [5.41, 5.74) is -0.813. The van der Waals surface area contributed by atoms with Crippen LogP contribution in [0.25, 0.3) is 11.5 Å². The van der Waals surface area contributed by atoms with Gasteiger partial charge in [-0.1, -0.05) is 0 Å². The maximum atomic E-state index is 11.0. The third-order valence-electron chi connectivity index (χ3n) is 2.03. The molecular weight excluding hydrogens is 313 g/mol. The van der Waals surface area contributed by atoms with Gasteiger partial charge in [-0.25, -0.2) is 0 Å². The lowest BCUT2D eigenvalue weighted by Crippen LogP contribution is -2.32. The molecule has 2 N–H and O–H groups in total. The van der Waals surface area contributed by atoms with E-state index in [2.05, 4.69) is 9.97 Å². The first-order valence-corrected chi connectivity index (χ1v) is 5.10. The predicted octanol–water partition coefficient (Wildman–Crippen LogP) is 0.187. The van der Waals surface area contributed by atoms with Gasteiger partial charge < -0.3 is 10.2 Å². The van der Waals surface area contributed by atoms with Gasteiger partial charge in [-0.15, -0.1) is 0 Å². The number of aromatic amines is 1. The van der Waals surface area contributed by atoms with E-state index in [1.807, 2.05) is 22.6 Å². The van der Waals surface area contributed by atoms with Gasteiger partial charge in [-0.2, -0.15) is 9.71 Å². The Labute approximate surface area is 97.0 Å². The van der Waals surface area contributed by atoms with Crippen LogP contribution in [0.5, 0.6) is 0 Å². The molecule has 0 unspecified atom stereocenters. The highest BCUT2D eigenvalue weighted by atomic mass is 127. The fourth-order valence-electron chi connectivity index (χ4n) is 1.19. The Morgan fingerprint density at radius 2 is 2.20 bits per heavy atom. The first kappa shape index (κ1) is 10.1. The van der Waals surface area contributed by atoms with Crippen LogP contribution in [-0.2, 0) is 0 Å². The van der Waals surface area contributed by atoms with Gasteiger partial charge in [0.05, 0.1) is 11.4 Å². The highest BCUT2D eigenvalue weighted by Crippen LogP contribution is 2.20. The Hall–Kier alpha value is -1.38. The summed E-state index contributed by atoms with van der Waals surface area (Å²) in [6, 6.07) is 1.64. The number of pyridine rings is 1. The normalized spacial score (nSPS) is 10.8. The lowest BCUT2D eigenvalue weighted by Gasteiger charge is -2.11. The first-order chi connectivity index (χ1) is 7.00. The number of hydrogen-bond acceptors (Lipinski definition) is 4. The Morgan fingerprint density at radius 1 is 1.53 bits per heavy atom. The predicted molar refractivity (Wildman–Crippen MR) is 60.4 cm³/mol. The highest BCUT2D eigenvalue weighted by molar-refractivity contribution is 14.1. The SMILES string of the molecule is Cc1c(I)cc2[nH]c(=O)c(=O)nc-2n1O. The zero-order valence-corrected chi connectivity index (χ0v) is 9.77. The zero-order valence-electron chi connectivity index (χ0n) is 7.61. The standard InChI is InChI=1S/C8H6IN3O3/c1-3-4(9)2-5-6(12(3)15)11-8(14)7(13)10-5/h2,15H,1H3,(H,10,13). The van der Waals surface area contributed by atoms with Crippen LogP contribution in [0.15, 0.2) is 15.7 Å². The fourth-order valence-corrected chi connectivity index (χ4v) is 1.73. The molecule has 0 fully saturated rings. The summed E-state index contributed by atoms with van der Waals surface area (Å²) in [5, 5.41) is 9.64. The van der Waals surface area contributed by atoms with Crippen LogP contribution in [0.2, 0.25) is 0 Å². The third kappa shape index (κ3) is 1.52. The molecule has 2 aliphatic rings. The summed E-state index contributed by atoms with van der Waals surface area (Å²) in [4.78, 5) is 27.9. The number of rotatable bonds is 0. The number of H-pyrrole nitrogens is 1. The largest absolute Gasteiger partial charge is 0.427 e. The number of nitrogens with one attached hydrogen (secondary N) is 1. The molecule has 0 bridgehead atoms. The summed E-state index contributed by atoms with van der Waals surface area (Å²) in [7, 11) is 0. The van der Waals surface area contributed by atoms with Gasteiger partial charge in [-0.05, 0) is 35.6 Å². The third-order valence-corrected chi connectivity index (χ3v) is 3.12. The van der Waals surface area contributed by atoms with Crippen LogP contribution in [0, 0.1) is 10.5 Å². The summed E-state index contributed by atoms with van der Waals surface area (Å²) in [6.45, 7) is 1.68. The zero-order chi connectivity index (χ0) is 11.2. The molecule has 0 aromatic rings. The van der Waals surface area contributed by atoms with Crippen molar-refractivity contribution < 1.29 is 5.21 Å². The quantitative estimate of drug-likeness (QED) is 0.412. The number of aromatic nitrogens is 3. The van der Waals surface area contributed by atoms with Gasteiger partial charge in [-0.3, -0.25) is 9.59 Å². The van der Waals surface area contributed by atoms with E-state index < -0.39 is 11.1 Å². The average molecular weight is 319 g/mol. The second-order valence-electron chi connectivity index (χ2n) is 3.00. The molecule has 0 aromatic heterocycles. The van der Waals surface area contributed by atoms with Gasteiger partial charge in [0, 0.05) is 3.57 Å². The van der Waals surface area contributed by atoms with Crippen LogP contribution in [-0.4, -0.2) is 19.9 Å². The van der Waals surface area contributed by atoms with Crippen LogP contribution < -0.4 is 11.1 Å². The van der Waals surface area contributed by atoms with E-state index in [1.54, 1.807) is 13.0 Å². The average Bonchev–Trinajstić information content (AvgIpc) is 2.19. The van der Waals surface area contributed by atoms with Crippen molar-refractivity contribution in [3.8, 4) is 11.5 Å². The van der Waals surface area contributed by atoms with Gasteiger partial charge in [0.2, 0.25) is 0 Å². The molecule has 0 saturated carbocycles. The van der Waals surface area contributed by atoms with E-state index in [1.165, 1.54) is 0 Å². The molecule has 2 rings (SSSR count). The summed E-state index contributed by atoms with van der Waals surface area (Å²) < 4.78 is 1.55. The van der Waals surface area contributed by atoms with Crippen LogP contribution in [0.1, 0.15) is 5.69 Å². The minimum Gasteiger partial charge on any atom is -0.427 e. The number of hydrogen-bond donors (Lipinski definition) is 2. The summed E-state index contributed by atoms with van der Waals surface area (Å²) in [6.07, 6.45) is 0. The second kappa shape index (κ2) is 3.33. The molecule has 7 heteroatoms. The minimum atomic E-state index is -0.911. The molecule has 0 aliphatic carbocycles. The van der Waals surface area contributed by atoms with Crippen molar-refractivity contribution in [2.24, 2.45) is 0 Å². The fraction of sp³-hybridized carbons (Fsp3) is 0.125. The molecule has 0 spiro atoms. The van der Waals surface area contributed by atoms with Gasteiger partial charge in [0.25, 0.3) is 0 Å². The van der Waals surface area contributed by atoms with E-state index in [-0.39, 0.29) is 5.82 Å². The molecule has 0 amide bonds. The van der Waals surface area contributed by atoms with Gasteiger partial charge in [0.15, 0.2) is 5.82 Å². The molecule has 2 aliphatic heterocycles. The van der Waals surface area contributed by atoms with Crippen molar-refractivity contribution >= 4 is 22.6 Å². The van der Waals surface area contributed by atoms with Gasteiger partial charge >= 0.3 is 11.1 Å². The second-order valence-corrected chi connectivity index (χ2v) is 4.16. The van der Waals surface area contributed by atoms with E-state index in [9.17, 15) is 14.8 Å². The van der Waals surface area contributed by atoms with Gasteiger partial charge in [0.1, 0.15) is 0 Å². The lowest BCUT2D eigenvalue weighted by molar-refractivity contribution is 0.178. The summed E-state index contributed by atoms with van der Waals surface area (Å²) >= 11 is 2.01. The van der Waals surface area contributed by atoms with Crippen LogP contribution >= 0.6 is 22.6 Å². The van der Waals surface area contributed by atoms with E-state index in [4.69, 9.17) is 0 Å². The molecule has 6 nitrogen and oxygen atoms in total. The Morgan fingerprint density at radius 3 is 2.87 bits per heavy atom. The van der Waals surface area contributed by atoms with Crippen LogP contribution in [0.4, 0.5) is 0 Å². The van der Waals surface area contributed by atoms with Crippen molar-refractivity contribution in [3.05, 3.63) is 36.0 Å². The Balaban J connectivity index is 3.00.